The Morgan fingerprint density at radius 1 is 1.04 bits per heavy atom. The van der Waals surface area contributed by atoms with Crippen LogP contribution in [0.5, 0.6) is 5.75 Å². The number of rotatable bonds is 9. The molecule has 0 spiro atoms. The Balaban J connectivity index is 1.77. The van der Waals surface area contributed by atoms with Crippen LogP contribution in [0.15, 0.2) is 54.6 Å². The first-order valence-corrected chi connectivity index (χ1v) is 8.83. The van der Waals surface area contributed by atoms with Gasteiger partial charge in [0.05, 0.1) is 7.11 Å². The molecule has 0 heterocycles. The standard InChI is InChI=1S/C21H26N2O3/c1-3-23(16-18-8-5-4-6-9-18)21(25)15-20(24)22-13-12-17-10-7-11-19(14-17)26-2/h4-11,14H,3,12-13,15-16H2,1-2H3,(H,22,24). The lowest BCUT2D eigenvalue weighted by Crippen LogP contribution is -2.35. The molecule has 0 aromatic heterocycles. The van der Waals surface area contributed by atoms with Gasteiger partial charge in [-0.05, 0) is 36.6 Å². The van der Waals surface area contributed by atoms with Gasteiger partial charge in [-0.3, -0.25) is 9.59 Å². The van der Waals surface area contributed by atoms with E-state index in [0.29, 0.717) is 26.1 Å². The molecule has 5 heteroatoms. The Kier molecular flexibility index (Phi) is 7.68. The van der Waals surface area contributed by atoms with Crippen molar-refractivity contribution in [2.24, 2.45) is 0 Å². The predicted molar refractivity (Wildman–Crippen MR) is 102 cm³/mol. The van der Waals surface area contributed by atoms with Crippen LogP contribution in [0.3, 0.4) is 0 Å². The van der Waals surface area contributed by atoms with Crippen LogP contribution in [-0.2, 0) is 22.6 Å². The average molecular weight is 354 g/mol. The zero-order chi connectivity index (χ0) is 18.8. The van der Waals surface area contributed by atoms with E-state index >= 15 is 0 Å². The van der Waals surface area contributed by atoms with E-state index in [1.807, 2.05) is 61.5 Å². The summed E-state index contributed by atoms with van der Waals surface area (Å²) in [4.78, 5) is 26.1. The maximum absolute atomic E-state index is 12.4. The first-order valence-electron chi connectivity index (χ1n) is 8.83. The number of hydrogen-bond donors (Lipinski definition) is 1. The van der Waals surface area contributed by atoms with Gasteiger partial charge in [0.1, 0.15) is 12.2 Å². The number of carbonyl (C=O) groups excluding carboxylic acids is 2. The van der Waals surface area contributed by atoms with Crippen LogP contribution in [0.4, 0.5) is 0 Å². The van der Waals surface area contributed by atoms with Gasteiger partial charge >= 0.3 is 0 Å². The van der Waals surface area contributed by atoms with Crippen molar-refractivity contribution in [2.75, 3.05) is 20.2 Å². The molecule has 2 aromatic carbocycles. The van der Waals surface area contributed by atoms with Crippen molar-refractivity contribution < 1.29 is 14.3 Å². The normalized spacial score (nSPS) is 10.2. The van der Waals surface area contributed by atoms with Crippen molar-refractivity contribution in [3.05, 3.63) is 65.7 Å². The second kappa shape index (κ2) is 10.2. The molecular weight excluding hydrogens is 328 g/mol. The fraction of sp³-hybridized carbons (Fsp3) is 0.333. The maximum atomic E-state index is 12.4. The molecule has 2 rings (SSSR count). The molecule has 26 heavy (non-hydrogen) atoms. The van der Waals surface area contributed by atoms with Crippen LogP contribution in [0.1, 0.15) is 24.5 Å². The van der Waals surface area contributed by atoms with Gasteiger partial charge in [0.15, 0.2) is 0 Å². The topological polar surface area (TPSA) is 58.6 Å². The highest BCUT2D eigenvalue weighted by atomic mass is 16.5. The minimum absolute atomic E-state index is 0.126. The molecule has 138 valence electrons. The van der Waals surface area contributed by atoms with E-state index < -0.39 is 0 Å². The lowest BCUT2D eigenvalue weighted by Gasteiger charge is -2.20. The molecule has 2 aromatic rings. The highest BCUT2D eigenvalue weighted by Gasteiger charge is 2.16. The van der Waals surface area contributed by atoms with E-state index in [9.17, 15) is 9.59 Å². The molecule has 0 radical (unpaired) electrons. The number of benzene rings is 2. The van der Waals surface area contributed by atoms with Crippen LogP contribution < -0.4 is 10.1 Å². The van der Waals surface area contributed by atoms with E-state index in [4.69, 9.17) is 4.74 Å². The van der Waals surface area contributed by atoms with Gasteiger partial charge < -0.3 is 15.0 Å². The summed E-state index contributed by atoms with van der Waals surface area (Å²) in [6.45, 7) is 3.50. The average Bonchev–Trinajstić information content (AvgIpc) is 2.67. The van der Waals surface area contributed by atoms with Gasteiger partial charge in [0.2, 0.25) is 11.8 Å². The number of carbonyl (C=O) groups is 2. The van der Waals surface area contributed by atoms with Gasteiger partial charge in [-0.2, -0.15) is 0 Å². The largest absolute Gasteiger partial charge is 0.497 e. The number of nitrogens with one attached hydrogen (secondary N) is 1. The minimum Gasteiger partial charge on any atom is -0.497 e. The highest BCUT2D eigenvalue weighted by molar-refractivity contribution is 5.96. The van der Waals surface area contributed by atoms with Crippen molar-refractivity contribution >= 4 is 11.8 Å². The summed E-state index contributed by atoms with van der Waals surface area (Å²) in [5, 5.41) is 2.82. The molecule has 0 saturated carbocycles. The SMILES string of the molecule is CCN(Cc1ccccc1)C(=O)CC(=O)NCCc1cccc(OC)c1. The maximum Gasteiger partial charge on any atom is 0.232 e. The van der Waals surface area contributed by atoms with Gasteiger partial charge in [0, 0.05) is 19.6 Å². The molecular formula is C21H26N2O3. The van der Waals surface area contributed by atoms with Crippen LogP contribution >= 0.6 is 0 Å². The van der Waals surface area contributed by atoms with E-state index in [-0.39, 0.29) is 18.2 Å². The third-order valence-electron chi connectivity index (χ3n) is 4.13. The molecule has 0 aliphatic rings. The van der Waals surface area contributed by atoms with Crippen molar-refractivity contribution in [2.45, 2.75) is 26.3 Å². The van der Waals surface area contributed by atoms with E-state index in [1.54, 1.807) is 12.0 Å². The van der Waals surface area contributed by atoms with E-state index in [2.05, 4.69) is 5.32 Å². The number of amides is 2. The zero-order valence-electron chi connectivity index (χ0n) is 15.4. The fourth-order valence-corrected chi connectivity index (χ4v) is 2.67. The lowest BCUT2D eigenvalue weighted by atomic mass is 10.1. The Hall–Kier alpha value is -2.82. The van der Waals surface area contributed by atoms with Crippen molar-refractivity contribution in [3.8, 4) is 5.75 Å². The molecule has 1 N–H and O–H groups in total. The van der Waals surface area contributed by atoms with Gasteiger partial charge in [-0.25, -0.2) is 0 Å². The number of hydrogen-bond acceptors (Lipinski definition) is 3. The van der Waals surface area contributed by atoms with E-state index in [1.165, 1.54) is 0 Å². The van der Waals surface area contributed by atoms with Crippen LogP contribution in [0.25, 0.3) is 0 Å². The summed E-state index contributed by atoms with van der Waals surface area (Å²) < 4.78 is 5.18. The Bertz CT molecular complexity index is 716. The summed E-state index contributed by atoms with van der Waals surface area (Å²) in [6, 6.07) is 17.5. The number of ether oxygens (including phenoxy) is 1. The van der Waals surface area contributed by atoms with Crippen LogP contribution in [0, 0.1) is 0 Å². The first kappa shape index (κ1) is 19.5. The van der Waals surface area contributed by atoms with E-state index in [0.717, 1.165) is 16.9 Å². The smallest absolute Gasteiger partial charge is 0.232 e. The predicted octanol–water partition coefficient (Wildman–Crippen LogP) is 2.79. The molecule has 0 bridgehead atoms. The second-order valence-corrected chi connectivity index (χ2v) is 6.02. The van der Waals surface area contributed by atoms with Crippen LogP contribution in [0.2, 0.25) is 0 Å². The summed E-state index contributed by atoms with van der Waals surface area (Å²) in [6.07, 6.45) is 0.567. The van der Waals surface area contributed by atoms with Crippen molar-refractivity contribution in [3.63, 3.8) is 0 Å². The fourth-order valence-electron chi connectivity index (χ4n) is 2.67. The number of methoxy groups -OCH3 is 1. The minimum atomic E-state index is -0.246. The van der Waals surface area contributed by atoms with Gasteiger partial charge in [0.25, 0.3) is 0 Å². The summed E-state index contributed by atoms with van der Waals surface area (Å²) in [5.74, 6) is 0.392. The third-order valence-corrected chi connectivity index (χ3v) is 4.13. The summed E-state index contributed by atoms with van der Waals surface area (Å²) in [5.41, 5.74) is 2.14. The Labute approximate surface area is 155 Å². The lowest BCUT2D eigenvalue weighted by molar-refractivity contribution is -0.136. The van der Waals surface area contributed by atoms with Crippen molar-refractivity contribution in [1.82, 2.24) is 10.2 Å². The zero-order valence-corrected chi connectivity index (χ0v) is 15.4. The molecule has 2 amide bonds. The molecule has 0 saturated heterocycles. The quantitative estimate of drug-likeness (QED) is 0.705. The summed E-state index contributed by atoms with van der Waals surface area (Å²) >= 11 is 0. The molecule has 5 nitrogen and oxygen atoms in total. The van der Waals surface area contributed by atoms with Crippen LogP contribution in [-0.4, -0.2) is 36.9 Å². The molecule has 0 aliphatic heterocycles. The van der Waals surface area contributed by atoms with Crippen molar-refractivity contribution in [1.29, 1.82) is 0 Å². The molecule has 0 fully saturated rings. The molecule has 0 atom stereocenters. The molecule has 0 unspecified atom stereocenters. The monoisotopic (exact) mass is 354 g/mol. The summed E-state index contributed by atoms with van der Waals surface area (Å²) in [7, 11) is 1.63. The van der Waals surface area contributed by atoms with Gasteiger partial charge in [-0.15, -0.1) is 0 Å². The number of nitrogens with zero attached hydrogens (tertiary/aromatic N) is 1. The highest BCUT2D eigenvalue weighted by Crippen LogP contribution is 2.12. The Morgan fingerprint density at radius 2 is 1.77 bits per heavy atom. The third kappa shape index (κ3) is 6.24. The molecule has 0 aliphatic carbocycles. The second-order valence-electron chi connectivity index (χ2n) is 6.02. The Morgan fingerprint density at radius 3 is 2.46 bits per heavy atom. The van der Waals surface area contributed by atoms with Gasteiger partial charge in [-0.1, -0.05) is 42.5 Å². The first-order chi connectivity index (χ1) is 12.6.